The molecule has 0 aromatic heterocycles. The second-order valence-electron chi connectivity index (χ2n) is 14.5. The molecule has 0 saturated carbocycles. The summed E-state index contributed by atoms with van der Waals surface area (Å²) in [7, 11) is 0. The molecule has 0 fully saturated rings. The maximum atomic E-state index is 2.38. The molecule has 0 N–H and O–H groups in total. The van der Waals surface area contributed by atoms with E-state index < -0.39 is 0 Å². The predicted octanol–water partition coefficient (Wildman–Crippen LogP) is 15.4. The number of para-hydroxylation sites is 1. The number of rotatable bonds is 5. The summed E-state index contributed by atoms with van der Waals surface area (Å²) in [6, 6.07) is 77.7. The molecule has 1 nitrogen and oxygen atoms in total. The number of nitrogens with zero attached hydrogens (tertiary/aromatic N) is 1. The number of fused-ring (bicyclic) bond motifs is 12. The van der Waals surface area contributed by atoms with Gasteiger partial charge in [0.25, 0.3) is 0 Å². The fraction of sp³-hybridized carbons (Fsp3) is 0. The maximum absolute atomic E-state index is 2.38. The Kier molecular flexibility index (Phi) is 7.25. The van der Waals surface area contributed by atoms with Gasteiger partial charge in [-0.15, -0.1) is 0 Å². The van der Waals surface area contributed by atoms with E-state index in [0.717, 1.165) is 17.1 Å². The standard InChI is InChI=1S/C54H35N/c1-2-16-40(17-3-1)55(41-18-12-14-36(32-41)38-28-30-51-47-24-6-4-20-43(47)45-22-8-10-26-49(45)53(51)34-38)42-19-13-15-37(33-42)39-29-31-52-48-25-7-5-21-44(48)46-23-9-11-27-50(46)54(52)35-39/h1-35H. The van der Waals surface area contributed by atoms with Gasteiger partial charge in [-0.05, 0) is 135 Å². The summed E-state index contributed by atoms with van der Waals surface area (Å²) in [5.41, 5.74) is 8.11. The molecule has 0 aliphatic rings. The summed E-state index contributed by atoms with van der Waals surface area (Å²) >= 11 is 0. The lowest BCUT2D eigenvalue weighted by Crippen LogP contribution is -2.10. The zero-order valence-corrected chi connectivity index (χ0v) is 30.2. The lowest BCUT2D eigenvalue weighted by atomic mass is 9.92. The molecule has 0 spiro atoms. The smallest absolute Gasteiger partial charge is 0.0467 e. The summed E-state index contributed by atoms with van der Waals surface area (Å²) in [5.74, 6) is 0. The van der Waals surface area contributed by atoms with Gasteiger partial charge in [-0.3, -0.25) is 0 Å². The molecule has 0 heterocycles. The largest absolute Gasteiger partial charge is 0.310 e. The second-order valence-corrected chi connectivity index (χ2v) is 14.5. The molecule has 256 valence electrons. The quantitative estimate of drug-likeness (QED) is 0.162. The predicted molar refractivity (Wildman–Crippen MR) is 237 cm³/mol. The summed E-state index contributed by atoms with van der Waals surface area (Å²) in [4.78, 5) is 2.38. The Hall–Kier alpha value is -7.22. The van der Waals surface area contributed by atoms with Gasteiger partial charge < -0.3 is 4.90 Å². The summed E-state index contributed by atoms with van der Waals surface area (Å²) < 4.78 is 0. The molecule has 11 aromatic carbocycles. The minimum Gasteiger partial charge on any atom is -0.310 e. The highest BCUT2D eigenvalue weighted by atomic mass is 15.1. The lowest BCUT2D eigenvalue weighted by molar-refractivity contribution is 1.28. The zero-order valence-electron chi connectivity index (χ0n) is 30.2. The van der Waals surface area contributed by atoms with E-state index in [-0.39, 0.29) is 0 Å². The van der Waals surface area contributed by atoms with Crippen LogP contribution in [0.2, 0.25) is 0 Å². The van der Waals surface area contributed by atoms with Crippen molar-refractivity contribution in [3.63, 3.8) is 0 Å². The van der Waals surface area contributed by atoms with Crippen LogP contribution in [-0.2, 0) is 0 Å². The average molecular weight is 698 g/mol. The highest BCUT2D eigenvalue weighted by molar-refractivity contribution is 6.27. The van der Waals surface area contributed by atoms with E-state index in [1.807, 2.05) is 0 Å². The molecule has 0 radical (unpaired) electrons. The lowest BCUT2D eigenvalue weighted by Gasteiger charge is -2.26. The van der Waals surface area contributed by atoms with Gasteiger partial charge in [0.05, 0.1) is 0 Å². The van der Waals surface area contributed by atoms with Crippen molar-refractivity contribution in [2.45, 2.75) is 0 Å². The summed E-state index contributed by atoms with van der Waals surface area (Å²) in [6.07, 6.45) is 0. The topological polar surface area (TPSA) is 3.24 Å². The molecule has 0 unspecified atom stereocenters. The van der Waals surface area contributed by atoms with Crippen LogP contribution in [0.1, 0.15) is 0 Å². The second kappa shape index (κ2) is 12.7. The van der Waals surface area contributed by atoms with Crippen molar-refractivity contribution in [3.8, 4) is 22.3 Å². The molecule has 0 aliphatic heterocycles. The SMILES string of the molecule is c1ccc(N(c2cccc(-c3ccc4c5ccccc5c5ccccc5c4c3)c2)c2cccc(-c3ccc4c5ccccc5c5ccccc5c4c3)c2)cc1. The Morgan fingerprint density at radius 2 is 0.473 bits per heavy atom. The van der Waals surface area contributed by atoms with Crippen molar-refractivity contribution in [1.82, 2.24) is 0 Å². The minimum absolute atomic E-state index is 1.11. The van der Waals surface area contributed by atoms with Gasteiger partial charge in [0, 0.05) is 17.1 Å². The number of anilines is 3. The van der Waals surface area contributed by atoms with Gasteiger partial charge in [0.2, 0.25) is 0 Å². The van der Waals surface area contributed by atoms with Crippen molar-refractivity contribution in [1.29, 1.82) is 0 Å². The fourth-order valence-corrected chi connectivity index (χ4v) is 8.85. The van der Waals surface area contributed by atoms with E-state index in [0.29, 0.717) is 0 Å². The van der Waals surface area contributed by atoms with Crippen LogP contribution in [0.25, 0.3) is 86.9 Å². The fourth-order valence-electron chi connectivity index (χ4n) is 8.85. The van der Waals surface area contributed by atoms with Gasteiger partial charge in [-0.1, -0.05) is 164 Å². The van der Waals surface area contributed by atoms with E-state index in [1.165, 1.54) is 86.9 Å². The molecular weight excluding hydrogens is 663 g/mol. The first-order valence-corrected chi connectivity index (χ1v) is 19.0. The van der Waals surface area contributed by atoms with Crippen molar-refractivity contribution in [3.05, 3.63) is 212 Å². The normalized spacial score (nSPS) is 11.6. The van der Waals surface area contributed by atoms with Crippen LogP contribution in [0.4, 0.5) is 17.1 Å². The van der Waals surface area contributed by atoms with Crippen LogP contribution in [0.15, 0.2) is 212 Å². The van der Waals surface area contributed by atoms with Crippen LogP contribution < -0.4 is 4.90 Å². The van der Waals surface area contributed by atoms with E-state index in [1.54, 1.807) is 0 Å². The van der Waals surface area contributed by atoms with Crippen LogP contribution in [0, 0.1) is 0 Å². The van der Waals surface area contributed by atoms with Gasteiger partial charge in [0.15, 0.2) is 0 Å². The van der Waals surface area contributed by atoms with E-state index in [9.17, 15) is 0 Å². The summed E-state index contributed by atoms with van der Waals surface area (Å²) in [5, 5.41) is 15.5. The van der Waals surface area contributed by atoms with Crippen molar-refractivity contribution < 1.29 is 0 Å². The molecule has 0 atom stereocenters. The maximum Gasteiger partial charge on any atom is 0.0467 e. The summed E-state index contributed by atoms with van der Waals surface area (Å²) in [6.45, 7) is 0. The van der Waals surface area contributed by atoms with Gasteiger partial charge in [-0.25, -0.2) is 0 Å². The molecule has 11 aromatic rings. The van der Waals surface area contributed by atoms with Crippen LogP contribution in [-0.4, -0.2) is 0 Å². The molecule has 55 heavy (non-hydrogen) atoms. The van der Waals surface area contributed by atoms with Gasteiger partial charge in [-0.2, -0.15) is 0 Å². The first-order chi connectivity index (χ1) is 27.3. The van der Waals surface area contributed by atoms with Gasteiger partial charge in [0.1, 0.15) is 0 Å². The molecule has 0 saturated heterocycles. The Balaban J connectivity index is 1.05. The first kappa shape index (κ1) is 31.3. The molecular formula is C54H35N. The first-order valence-electron chi connectivity index (χ1n) is 19.0. The van der Waals surface area contributed by atoms with Crippen LogP contribution in [0.5, 0.6) is 0 Å². The Labute approximate surface area is 320 Å². The molecule has 0 bridgehead atoms. The van der Waals surface area contributed by atoms with Crippen LogP contribution in [0.3, 0.4) is 0 Å². The van der Waals surface area contributed by atoms with E-state index >= 15 is 0 Å². The molecule has 0 aliphatic carbocycles. The molecule has 11 rings (SSSR count). The van der Waals surface area contributed by atoms with Crippen molar-refractivity contribution >= 4 is 81.7 Å². The van der Waals surface area contributed by atoms with Crippen molar-refractivity contribution in [2.75, 3.05) is 4.90 Å². The number of benzene rings is 11. The number of hydrogen-bond acceptors (Lipinski definition) is 1. The monoisotopic (exact) mass is 697 g/mol. The molecule has 0 amide bonds. The van der Waals surface area contributed by atoms with E-state index in [2.05, 4.69) is 217 Å². The third-order valence-corrected chi connectivity index (χ3v) is 11.4. The highest BCUT2D eigenvalue weighted by Gasteiger charge is 2.16. The Morgan fingerprint density at radius 3 is 0.855 bits per heavy atom. The van der Waals surface area contributed by atoms with Crippen molar-refractivity contribution in [2.24, 2.45) is 0 Å². The Bertz CT molecular complexity index is 3000. The third kappa shape index (κ3) is 5.16. The van der Waals surface area contributed by atoms with E-state index in [4.69, 9.17) is 0 Å². The minimum atomic E-state index is 1.11. The number of hydrogen-bond donors (Lipinski definition) is 0. The van der Waals surface area contributed by atoms with Crippen LogP contribution >= 0.6 is 0 Å². The highest BCUT2D eigenvalue weighted by Crippen LogP contribution is 2.42. The third-order valence-electron chi connectivity index (χ3n) is 11.4. The Morgan fingerprint density at radius 1 is 0.182 bits per heavy atom. The molecule has 1 heteroatoms. The van der Waals surface area contributed by atoms with Gasteiger partial charge >= 0.3 is 0 Å². The zero-order chi connectivity index (χ0) is 36.3. The average Bonchev–Trinajstić information content (AvgIpc) is 3.27.